The molecule has 3 atom stereocenters. The molecule has 0 spiro atoms. The minimum absolute atomic E-state index is 0.0278. The molecule has 3 fully saturated rings. The zero-order valence-electron chi connectivity index (χ0n) is 21.8. The van der Waals surface area contributed by atoms with Crippen molar-refractivity contribution in [1.82, 2.24) is 4.90 Å². The molecule has 0 bridgehead atoms. The number of aliphatic imine (C=N–C) groups is 1. The fourth-order valence-corrected chi connectivity index (χ4v) is 5.72. The SMILES string of the molecule is CC(C)(C)OC(=O)N1C2CC2C[C@H]1C1=Nc2ccc3cc(B4OC(C)(C)C(C)(C)O4)ccc3c2C1. The van der Waals surface area contributed by atoms with E-state index in [9.17, 15) is 4.79 Å². The molecule has 6 nitrogen and oxygen atoms in total. The Balaban J connectivity index is 1.25. The number of ether oxygens (including phenoxy) is 1. The van der Waals surface area contributed by atoms with E-state index in [0.29, 0.717) is 12.0 Å². The van der Waals surface area contributed by atoms with Crippen LogP contribution in [-0.4, -0.2) is 52.7 Å². The van der Waals surface area contributed by atoms with Gasteiger partial charge in [-0.1, -0.05) is 24.3 Å². The molecular weight excluding hydrogens is 439 g/mol. The highest BCUT2D eigenvalue weighted by atomic mass is 16.7. The Morgan fingerprint density at radius 1 is 1.09 bits per heavy atom. The number of fused-ring (bicyclic) bond motifs is 4. The van der Waals surface area contributed by atoms with Crippen LogP contribution in [-0.2, 0) is 20.5 Å². The number of hydrogen-bond acceptors (Lipinski definition) is 5. The summed E-state index contributed by atoms with van der Waals surface area (Å²) in [5.41, 5.74) is 3.14. The summed E-state index contributed by atoms with van der Waals surface area (Å²) < 4.78 is 18.3. The molecule has 6 rings (SSSR count). The van der Waals surface area contributed by atoms with Gasteiger partial charge in [0.25, 0.3) is 0 Å². The van der Waals surface area contributed by atoms with E-state index >= 15 is 0 Å². The van der Waals surface area contributed by atoms with E-state index in [2.05, 4.69) is 58.0 Å². The molecule has 35 heavy (non-hydrogen) atoms. The summed E-state index contributed by atoms with van der Waals surface area (Å²) in [5, 5.41) is 2.36. The number of amides is 1. The highest BCUT2D eigenvalue weighted by Crippen LogP contribution is 2.50. The van der Waals surface area contributed by atoms with Gasteiger partial charge in [0.05, 0.1) is 22.9 Å². The Morgan fingerprint density at radius 3 is 2.49 bits per heavy atom. The van der Waals surface area contributed by atoms with Gasteiger partial charge >= 0.3 is 13.2 Å². The van der Waals surface area contributed by atoms with Gasteiger partial charge in [-0.25, -0.2) is 4.79 Å². The Morgan fingerprint density at radius 2 is 1.80 bits per heavy atom. The maximum atomic E-state index is 13.0. The lowest BCUT2D eigenvalue weighted by atomic mass is 9.78. The number of hydrogen-bond donors (Lipinski definition) is 0. The zero-order valence-corrected chi connectivity index (χ0v) is 21.8. The lowest BCUT2D eigenvalue weighted by molar-refractivity contribution is 0.00578. The summed E-state index contributed by atoms with van der Waals surface area (Å²) in [4.78, 5) is 20.0. The number of carbonyl (C=O) groups is 1. The molecule has 0 aromatic heterocycles. The molecule has 3 aliphatic heterocycles. The molecule has 4 aliphatic rings. The smallest absolute Gasteiger partial charge is 0.444 e. The Kier molecular flexibility index (Phi) is 4.83. The lowest BCUT2D eigenvalue weighted by Crippen LogP contribution is -2.45. The number of piperidine rings is 1. The van der Waals surface area contributed by atoms with Gasteiger partial charge in [0.1, 0.15) is 5.60 Å². The van der Waals surface area contributed by atoms with Crippen LogP contribution in [0.15, 0.2) is 35.3 Å². The fraction of sp³-hybridized carbons (Fsp3) is 0.571. The average Bonchev–Trinajstić information content (AvgIpc) is 3.12. The first kappa shape index (κ1) is 23.0. The van der Waals surface area contributed by atoms with Crippen molar-refractivity contribution in [3.63, 3.8) is 0 Å². The van der Waals surface area contributed by atoms with Crippen molar-refractivity contribution in [2.45, 2.75) is 96.6 Å². The quantitative estimate of drug-likeness (QED) is 0.564. The number of rotatable bonds is 2. The standard InChI is InChI=1S/C28H35BN2O4/c1-26(2,3)33-25(32)31-23-13-17(23)14-24(31)22-15-20-19-10-9-18(12-16(19)8-11-21(20)30-22)29-34-27(4,5)28(6,7)35-29/h8-12,17,23-24H,13-15H2,1-7H3/t17?,23?,24-/m0/s1. The van der Waals surface area contributed by atoms with E-state index in [1.165, 1.54) is 10.9 Å². The Bertz CT molecular complexity index is 1250. The van der Waals surface area contributed by atoms with Crippen LogP contribution in [0.1, 0.15) is 66.9 Å². The van der Waals surface area contributed by atoms with Crippen molar-refractivity contribution in [1.29, 1.82) is 0 Å². The van der Waals surface area contributed by atoms with Crippen LogP contribution >= 0.6 is 0 Å². The van der Waals surface area contributed by atoms with Crippen LogP contribution in [0.2, 0.25) is 0 Å². The third kappa shape index (κ3) is 3.79. The van der Waals surface area contributed by atoms with Gasteiger partial charge in [-0.15, -0.1) is 0 Å². The number of nitrogens with zero attached hydrogens (tertiary/aromatic N) is 2. The largest absolute Gasteiger partial charge is 0.494 e. The summed E-state index contributed by atoms with van der Waals surface area (Å²) in [5.74, 6) is 0.582. The second kappa shape index (κ2) is 7.33. The minimum Gasteiger partial charge on any atom is -0.444 e. The molecule has 3 heterocycles. The van der Waals surface area contributed by atoms with Crippen LogP contribution in [0.25, 0.3) is 10.8 Å². The molecule has 7 heteroatoms. The van der Waals surface area contributed by atoms with Gasteiger partial charge in [0.2, 0.25) is 0 Å². The maximum Gasteiger partial charge on any atom is 0.494 e. The van der Waals surface area contributed by atoms with E-state index in [4.69, 9.17) is 19.0 Å². The Hall–Kier alpha value is -2.38. The van der Waals surface area contributed by atoms with Crippen LogP contribution in [0.4, 0.5) is 10.5 Å². The van der Waals surface area contributed by atoms with Crippen molar-refractivity contribution in [2.75, 3.05) is 0 Å². The van der Waals surface area contributed by atoms with Crippen LogP contribution in [0, 0.1) is 5.92 Å². The van der Waals surface area contributed by atoms with Gasteiger partial charge in [-0.2, -0.15) is 0 Å². The van der Waals surface area contributed by atoms with E-state index < -0.39 is 5.60 Å². The van der Waals surface area contributed by atoms with E-state index in [1.54, 1.807) is 0 Å². The molecular formula is C28H35BN2O4. The topological polar surface area (TPSA) is 60.4 Å². The van der Waals surface area contributed by atoms with Gasteiger partial charge in [0, 0.05) is 18.2 Å². The third-order valence-electron chi connectivity index (χ3n) is 8.37. The van der Waals surface area contributed by atoms with Crippen molar-refractivity contribution in [3.8, 4) is 0 Å². The van der Waals surface area contributed by atoms with Crippen LogP contribution in [0.5, 0.6) is 0 Å². The second-order valence-corrected chi connectivity index (χ2v) is 12.6. The summed E-state index contributed by atoms with van der Waals surface area (Å²) in [7, 11) is -0.378. The first-order valence-corrected chi connectivity index (χ1v) is 12.8. The molecule has 1 amide bonds. The molecule has 1 saturated carbocycles. The molecule has 2 aromatic carbocycles. The zero-order chi connectivity index (χ0) is 24.9. The summed E-state index contributed by atoms with van der Waals surface area (Å²) in [6.07, 6.45) is 2.64. The van der Waals surface area contributed by atoms with E-state index in [-0.39, 0.29) is 30.5 Å². The molecule has 0 radical (unpaired) electrons. The fourth-order valence-electron chi connectivity index (χ4n) is 5.72. The number of carbonyl (C=O) groups excluding carboxylic acids is 1. The van der Waals surface area contributed by atoms with Crippen LogP contribution in [0.3, 0.4) is 0 Å². The molecule has 2 saturated heterocycles. The van der Waals surface area contributed by atoms with Gasteiger partial charge in [0.15, 0.2) is 0 Å². The van der Waals surface area contributed by atoms with Crippen molar-refractivity contribution >= 4 is 40.8 Å². The van der Waals surface area contributed by atoms with Gasteiger partial charge in [-0.05, 0) is 95.1 Å². The predicted molar refractivity (Wildman–Crippen MR) is 139 cm³/mol. The average molecular weight is 474 g/mol. The molecule has 2 aromatic rings. The number of benzene rings is 2. The maximum absolute atomic E-state index is 13.0. The minimum atomic E-state index is -0.500. The summed E-state index contributed by atoms with van der Waals surface area (Å²) >= 11 is 0. The highest BCUT2D eigenvalue weighted by Gasteiger charge is 2.56. The predicted octanol–water partition coefficient (Wildman–Crippen LogP) is 5.17. The first-order chi connectivity index (χ1) is 16.3. The summed E-state index contributed by atoms with van der Waals surface area (Å²) in [6, 6.07) is 11.0. The number of likely N-dealkylation sites (tertiary alicyclic amines) is 1. The van der Waals surface area contributed by atoms with Gasteiger partial charge < -0.3 is 14.0 Å². The molecule has 0 N–H and O–H groups in total. The van der Waals surface area contributed by atoms with E-state index in [0.717, 1.165) is 41.5 Å². The monoisotopic (exact) mass is 474 g/mol. The van der Waals surface area contributed by atoms with Crippen molar-refractivity contribution < 1.29 is 18.8 Å². The van der Waals surface area contributed by atoms with Crippen molar-refractivity contribution in [3.05, 3.63) is 35.9 Å². The van der Waals surface area contributed by atoms with Crippen LogP contribution < -0.4 is 5.46 Å². The van der Waals surface area contributed by atoms with Crippen molar-refractivity contribution in [2.24, 2.45) is 10.9 Å². The normalized spacial score (nSPS) is 28.2. The van der Waals surface area contributed by atoms with Gasteiger partial charge in [-0.3, -0.25) is 9.89 Å². The highest BCUT2D eigenvalue weighted by molar-refractivity contribution is 6.62. The second-order valence-electron chi connectivity index (χ2n) is 12.6. The molecule has 1 aliphatic carbocycles. The third-order valence-corrected chi connectivity index (χ3v) is 8.37. The Labute approximate surface area is 208 Å². The molecule has 2 unspecified atom stereocenters. The molecule has 184 valence electrons. The lowest BCUT2D eigenvalue weighted by Gasteiger charge is -2.32. The van der Waals surface area contributed by atoms with E-state index in [1.807, 2.05) is 25.7 Å². The summed E-state index contributed by atoms with van der Waals surface area (Å²) in [6.45, 7) is 14.1. The first-order valence-electron chi connectivity index (χ1n) is 12.8.